The Balaban J connectivity index is 1.10. The highest BCUT2D eigenvalue weighted by Gasteiger charge is 2.49. The molecule has 8 heteroatoms. The first-order valence-electron chi connectivity index (χ1n) is 13.3. The average Bonchev–Trinajstić information content (AvgIpc) is 3.44. The van der Waals surface area contributed by atoms with E-state index in [4.69, 9.17) is 11.5 Å². The lowest BCUT2D eigenvalue weighted by Crippen LogP contribution is -2.56. The van der Waals surface area contributed by atoms with Gasteiger partial charge >= 0.3 is 0 Å². The summed E-state index contributed by atoms with van der Waals surface area (Å²) in [7, 11) is 0. The fourth-order valence-electron chi connectivity index (χ4n) is 7.10. The number of hydrogen-bond donors (Lipinski definition) is 3. The van der Waals surface area contributed by atoms with E-state index in [1.54, 1.807) is 9.80 Å². The van der Waals surface area contributed by atoms with Gasteiger partial charge in [-0.3, -0.25) is 9.59 Å². The molecule has 5 rings (SSSR count). The first-order chi connectivity index (χ1) is 15.8. The van der Waals surface area contributed by atoms with Crippen LogP contribution in [0.25, 0.3) is 0 Å². The van der Waals surface area contributed by atoms with Crippen LogP contribution in [0.5, 0.6) is 0 Å². The maximum Gasteiger partial charge on any atom is 0.242 e. The molecule has 0 radical (unpaired) electrons. The summed E-state index contributed by atoms with van der Waals surface area (Å²) < 4.78 is 15.3. The van der Waals surface area contributed by atoms with E-state index in [-0.39, 0.29) is 17.9 Å². The van der Waals surface area contributed by atoms with Crippen molar-refractivity contribution in [2.45, 2.75) is 88.0 Å². The van der Waals surface area contributed by atoms with Crippen LogP contribution in [0.15, 0.2) is 0 Å². The molecular formula is C25H42FN5O2. The van der Waals surface area contributed by atoms with Gasteiger partial charge in [0.15, 0.2) is 0 Å². The number of amides is 2. The molecule has 5 aliphatic rings. The molecule has 5 fully saturated rings. The average molecular weight is 464 g/mol. The van der Waals surface area contributed by atoms with E-state index in [0.717, 1.165) is 32.2 Å². The number of hydrogen-bond acceptors (Lipinski definition) is 5. The van der Waals surface area contributed by atoms with Crippen LogP contribution in [0.2, 0.25) is 0 Å². The van der Waals surface area contributed by atoms with Crippen molar-refractivity contribution < 1.29 is 14.0 Å². The van der Waals surface area contributed by atoms with Crippen molar-refractivity contribution in [1.82, 2.24) is 15.1 Å². The quantitative estimate of drug-likeness (QED) is 0.585. The minimum absolute atomic E-state index is 0.0130. The van der Waals surface area contributed by atoms with Crippen LogP contribution in [0.1, 0.15) is 64.2 Å². The number of rotatable bonds is 4. The Hall–Kier alpha value is -1.25. The molecule has 0 aromatic rings. The van der Waals surface area contributed by atoms with Gasteiger partial charge < -0.3 is 26.6 Å². The standard InChI is InChI=1S/C25H42FN5O2/c26-21-13-17(16-2-1-3-18(12-16)22-14-19(27)15-29-22)4-5-20(21)23(32)30-8-10-31(11-9-30)24(33)25(28)6-7-25/h16-22,29H,1-15,27-28H2. The molecule has 0 bridgehead atoms. The molecule has 7 unspecified atom stereocenters. The van der Waals surface area contributed by atoms with E-state index in [1.807, 2.05) is 0 Å². The highest BCUT2D eigenvalue weighted by molar-refractivity contribution is 5.89. The van der Waals surface area contributed by atoms with Crippen LogP contribution >= 0.6 is 0 Å². The molecule has 0 aromatic heterocycles. The molecule has 0 spiro atoms. The lowest BCUT2D eigenvalue weighted by atomic mass is 9.66. The van der Waals surface area contributed by atoms with E-state index < -0.39 is 17.6 Å². The molecule has 7 atom stereocenters. The van der Waals surface area contributed by atoms with Gasteiger partial charge in [0, 0.05) is 44.8 Å². The van der Waals surface area contributed by atoms with Crippen molar-refractivity contribution in [3.05, 3.63) is 0 Å². The Morgan fingerprint density at radius 1 is 0.879 bits per heavy atom. The molecular weight excluding hydrogens is 421 g/mol. The van der Waals surface area contributed by atoms with Crippen LogP contribution in [0.4, 0.5) is 4.39 Å². The number of nitrogens with two attached hydrogens (primary N) is 2. The van der Waals surface area contributed by atoms with Gasteiger partial charge in [0.1, 0.15) is 6.17 Å². The molecule has 2 saturated heterocycles. The number of halogens is 1. The third-order valence-corrected chi connectivity index (χ3v) is 9.41. The Morgan fingerprint density at radius 3 is 2.18 bits per heavy atom. The summed E-state index contributed by atoms with van der Waals surface area (Å²) in [4.78, 5) is 29.1. The Kier molecular flexibility index (Phi) is 6.71. The number of piperazine rings is 1. The highest BCUT2D eigenvalue weighted by Crippen LogP contribution is 2.44. The summed E-state index contributed by atoms with van der Waals surface area (Å²) in [6.45, 7) is 2.93. The summed E-state index contributed by atoms with van der Waals surface area (Å²) in [5.74, 6) is 1.10. The van der Waals surface area contributed by atoms with Crippen LogP contribution in [-0.2, 0) is 9.59 Å². The zero-order valence-corrected chi connectivity index (χ0v) is 19.9. The van der Waals surface area contributed by atoms with Crippen molar-refractivity contribution in [1.29, 1.82) is 0 Å². The predicted octanol–water partition coefficient (Wildman–Crippen LogP) is 1.40. The monoisotopic (exact) mass is 463 g/mol. The van der Waals surface area contributed by atoms with Crippen molar-refractivity contribution in [3.63, 3.8) is 0 Å². The first-order valence-corrected chi connectivity index (χ1v) is 13.3. The second kappa shape index (κ2) is 9.42. The fraction of sp³-hybridized carbons (Fsp3) is 0.920. The van der Waals surface area contributed by atoms with E-state index >= 15 is 4.39 Å². The minimum Gasteiger partial charge on any atom is -0.339 e. The van der Waals surface area contributed by atoms with Crippen molar-refractivity contribution in [2.75, 3.05) is 32.7 Å². The Labute approximate surface area is 197 Å². The summed E-state index contributed by atoms with van der Waals surface area (Å²) in [5.41, 5.74) is 11.5. The molecule has 2 amide bonds. The van der Waals surface area contributed by atoms with Crippen LogP contribution in [0.3, 0.4) is 0 Å². The second-order valence-corrected chi connectivity index (χ2v) is 11.7. The lowest BCUT2D eigenvalue weighted by molar-refractivity contribution is -0.146. The largest absolute Gasteiger partial charge is 0.339 e. The van der Waals surface area contributed by atoms with Crippen LogP contribution in [0, 0.1) is 23.7 Å². The topological polar surface area (TPSA) is 105 Å². The predicted molar refractivity (Wildman–Crippen MR) is 125 cm³/mol. The maximum atomic E-state index is 15.3. The number of nitrogens with one attached hydrogen (secondary N) is 1. The fourth-order valence-corrected chi connectivity index (χ4v) is 7.10. The number of carbonyl (C=O) groups is 2. The van der Waals surface area contributed by atoms with Crippen molar-refractivity contribution in [3.8, 4) is 0 Å². The third-order valence-electron chi connectivity index (χ3n) is 9.41. The molecule has 33 heavy (non-hydrogen) atoms. The zero-order chi connectivity index (χ0) is 23.2. The van der Waals surface area contributed by atoms with E-state index in [9.17, 15) is 9.59 Å². The van der Waals surface area contributed by atoms with E-state index in [2.05, 4.69) is 5.32 Å². The van der Waals surface area contributed by atoms with Gasteiger partial charge in [-0.2, -0.15) is 0 Å². The number of nitrogens with zero attached hydrogens (tertiary/aromatic N) is 2. The molecule has 5 N–H and O–H groups in total. The number of alkyl halides is 1. The minimum atomic E-state index is -1.05. The van der Waals surface area contributed by atoms with Gasteiger partial charge in [0.2, 0.25) is 11.8 Å². The summed E-state index contributed by atoms with van der Waals surface area (Å²) in [6, 6.07) is 0.804. The molecule has 186 valence electrons. The van der Waals surface area contributed by atoms with Gasteiger partial charge in [-0.1, -0.05) is 12.8 Å². The summed E-state index contributed by atoms with van der Waals surface area (Å²) in [6.07, 6.45) is 8.53. The smallest absolute Gasteiger partial charge is 0.242 e. The van der Waals surface area contributed by atoms with Gasteiger partial charge in [0.05, 0.1) is 11.5 Å². The second-order valence-electron chi connectivity index (χ2n) is 11.7. The van der Waals surface area contributed by atoms with Crippen molar-refractivity contribution >= 4 is 11.8 Å². The van der Waals surface area contributed by atoms with Gasteiger partial charge in [-0.25, -0.2) is 4.39 Å². The van der Waals surface area contributed by atoms with E-state index in [0.29, 0.717) is 62.8 Å². The van der Waals surface area contributed by atoms with Gasteiger partial charge in [-0.05, 0) is 69.1 Å². The lowest BCUT2D eigenvalue weighted by Gasteiger charge is -2.42. The molecule has 0 aromatic carbocycles. The molecule has 7 nitrogen and oxygen atoms in total. The summed E-state index contributed by atoms with van der Waals surface area (Å²) >= 11 is 0. The Morgan fingerprint density at radius 2 is 1.55 bits per heavy atom. The normalized spacial score (nSPS) is 41.1. The van der Waals surface area contributed by atoms with Crippen molar-refractivity contribution in [2.24, 2.45) is 35.1 Å². The SMILES string of the molecule is NC1CNC(C2CCCC(C3CCC(C(=O)N4CCN(C(=O)C5(N)CC5)CC4)C(F)C3)C2)C1. The molecule has 2 heterocycles. The van der Waals surface area contributed by atoms with E-state index in [1.165, 1.54) is 25.7 Å². The number of carbonyl (C=O) groups excluding carboxylic acids is 2. The first kappa shape index (κ1) is 23.5. The maximum absolute atomic E-state index is 15.3. The third kappa shape index (κ3) is 4.94. The van der Waals surface area contributed by atoms with Gasteiger partial charge in [0.25, 0.3) is 0 Å². The zero-order valence-electron chi connectivity index (χ0n) is 19.9. The highest BCUT2D eigenvalue weighted by atomic mass is 19.1. The molecule has 3 saturated carbocycles. The van der Waals surface area contributed by atoms with Gasteiger partial charge in [-0.15, -0.1) is 0 Å². The van der Waals surface area contributed by atoms with Crippen LogP contribution < -0.4 is 16.8 Å². The molecule has 3 aliphatic carbocycles. The Bertz CT molecular complexity index is 738. The van der Waals surface area contributed by atoms with Crippen LogP contribution in [-0.4, -0.2) is 78.1 Å². The summed E-state index contributed by atoms with van der Waals surface area (Å²) in [5, 5.41) is 3.61. The molecule has 2 aliphatic heterocycles.